The van der Waals surface area contributed by atoms with Crippen molar-refractivity contribution in [2.24, 2.45) is 0 Å². The number of nitrogens with zero attached hydrogens (tertiary/aromatic N) is 2. The van der Waals surface area contributed by atoms with Gasteiger partial charge in [-0.1, -0.05) is 90.5 Å². The van der Waals surface area contributed by atoms with Crippen LogP contribution in [0.2, 0.25) is 0 Å². The Balaban J connectivity index is 1.80. The quantitative estimate of drug-likeness (QED) is 0.263. The van der Waals surface area contributed by atoms with Gasteiger partial charge in [0.1, 0.15) is 12.6 Å². The van der Waals surface area contributed by atoms with Crippen molar-refractivity contribution in [2.75, 3.05) is 17.9 Å². The first-order valence-corrected chi connectivity index (χ1v) is 15.3. The van der Waals surface area contributed by atoms with E-state index < -0.39 is 28.5 Å². The molecular formula is C34H37N3O4S. The maximum Gasteiger partial charge on any atom is 0.264 e. The van der Waals surface area contributed by atoms with E-state index in [0.29, 0.717) is 11.3 Å². The summed E-state index contributed by atoms with van der Waals surface area (Å²) in [5.41, 5.74) is 4.76. The molecule has 0 saturated carbocycles. The molecule has 4 aromatic rings. The van der Waals surface area contributed by atoms with Gasteiger partial charge in [0.25, 0.3) is 10.0 Å². The van der Waals surface area contributed by atoms with Crippen LogP contribution in [-0.2, 0) is 32.6 Å². The number of rotatable bonds is 11. The highest BCUT2D eigenvalue weighted by molar-refractivity contribution is 7.92. The van der Waals surface area contributed by atoms with E-state index in [1.165, 1.54) is 11.9 Å². The Hall–Kier alpha value is -4.43. The molecule has 42 heavy (non-hydrogen) atoms. The SMILES string of the molecule is CNC(=O)[C@@H](Cc1ccccc1)N(Cc1ccccc1C)C(=O)CN(c1ccccc1C)S(=O)(=O)c1ccc(C)cc1. The van der Waals surface area contributed by atoms with Crippen molar-refractivity contribution < 1.29 is 18.0 Å². The number of sulfonamides is 1. The Kier molecular flexibility index (Phi) is 9.80. The minimum atomic E-state index is -4.13. The zero-order valence-electron chi connectivity index (χ0n) is 24.4. The molecule has 0 unspecified atom stereocenters. The second-order valence-corrected chi connectivity index (χ2v) is 12.2. The average molecular weight is 584 g/mol. The lowest BCUT2D eigenvalue weighted by Crippen LogP contribution is -2.53. The summed E-state index contributed by atoms with van der Waals surface area (Å²) in [6.07, 6.45) is 0.271. The molecule has 1 atom stereocenters. The monoisotopic (exact) mass is 583 g/mol. The van der Waals surface area contributed by atoms with Gasteiger partial charge in [-0.05, 0) is 61.2 Å². The third-order valence-electron chi connectivity index (χ3n) is 7.39. The topological polar surface area (TPSA) is 86.8 Å². The number of carbonyl (C=O) groups is 2. The van der Waals surface area contributed by atoms with Crippen molar-refractivity contribution in [3.8, 4) is 0 Å². The third kappa shape index (κ3) is 7.06. The summed E-state index contributed by atoms with van der Waals surface area (Å²) in [4.78, 5) is 29.3. The fourth-order valence-corrected chi connectivity index (χ4v) is 6.36. The van der Waals surface area contributed by atoms with Gasteiger partial charge >= 0.3 is 0 Å². The molecule has 218 valence electrons. The normalized spacial score (nSPS) is 11.9. The molecule has 0 aliphatic rings. The molecular weight excluding hydrogens is 546 g/mol. The van der Waals surface area contributed by atoms with Crippen LogP contribution in [0.15, 0.2) is 108 Å². The molecule has 4 aromatic carbocycles. The highest BCUT2D eigenvalue weighted by atomic mass is 32.2. The smallest absolute Gasteiger partial charge is 0.264 e. The van der Waals surface area contributed by atoms with Crippen molar-refractivity contribution in [2.45, 2.75) is 44.7 Å². The molecule has 0 heterocycles. The van der Waals surface area contributed by atoms with Crippen LogP contribution in [0.25, 0.3) is 0 Å². The van der Waals surface area contributed by atoms with Crippen LogP contribution in [-0.4, -0.2) is 44.8 Å². The first kappa shape index (κ1) is 30.5. The Morgan fingerprint density at radius 1 is 0.762 bits per heavy atom. The van der Waals surface area contributed by atoms with Gasteiger partial charge in [0, 0.05) is 20.0 Å². The number of anilines is 1. The molecule has 0 saturated heterocycles. The second-order valence-electron chi connectivity index (χ2n) is 10.4. The first-order valence-electron chi connectivity index (χ1n) is 13.9. The van der Waals surface area contributed by atoms with Crippen LogP contribution in [0.5, 0.6) is 0 Å². The lowest BCUT2D eigenvalue weighted by atomic mass is 10.0. The van der Waals surface area contributed by atoms with Crippen LogP contribution >= 0.6 is 0 Å². The number of hydrogen-bond acceptors (Lipinski definition) is 4. The number of likely N-dealkylation sites (N-methyl/N-ethyl adjacent to an activating group) is 1. The molecule has 0 radical (unpaired) electrons. The van der Waals surface area contributed by atoms with E-state index in [9.17, 15) is 18.0 Å². The number of carbonyl (C=O) groups excluding carboxylic acids is 2. The predicted molar refractivity (Wildman–Crippen MR) is 167 cm³/mol. The molecule has 7 nitrogen and oxygen atoms in total. The maximum atomic E-state index is 14.4. The highest BCUT2D eigenvalue weighted by Crippen LogP contribution is 2.28. The summed E-state index contributed by atoms with van der Waals surface area (Å²) in [5, 5.41) is 2.71. The first-order chi connectivity index (χ1) is 20.1. The Labute approximate surface area is 248 Å². The fraction of sp³-hybridized carbons (Fsp3) is 0.235. The van der Waals surface area contributed by atoms with Gasteiger partial charge in [-0.15, -0.1) is 0 Å². The van der Waals surface area contributed by atoms with Gasteiger partial charge in [0.05, 0.1) is 10.6 Å². The van der Waals surface area contributed by atoms with Crippen LogP contribution in [0.1, 0.15) is 27.8 Å². The zero-order chi connectivity index (χ0) is 30.3. The number of benzene rings is 4. The van der Waals surface area contributed by atoms with Crippen molar-refractivity contribution in [3.05, 3.63) is 131 Å². The minimum absolute atomic E-state index is 0.0849. The Morgan fingerprint density at radius 3 is 1.98 bits per heavy atom. The molecule has 2 amide bonds. The van der Waals surface area contributed by atoms with Gasteiger partial charge in [-0.3, -0.25) is 13.9 Å². The summed E-state index contributed by atoms with van der Waals surface area (Å²) >= 11 is 0. The van der Waals surface area contributed by atoms with Crippen LogP contribution in [0.4, 0.5) is 5.69 Å². The number of amides is 2. The number of para-hydroxylation sites is 1. The number of nitrogens with one attached hydrogen (secondary N) is 1. The molecule has 1 N–H and O–H groups in total. The van der Waals surface area contributed by atoms with Crippen LogP contribution < -0.4 is 9.62 Å². The predicted octanol–water partition coefficient (Wildman–Crippen LogP) is 5.19. The van der Waals surface area contributed by atoms with E-state index in [0.717, 1.165) is 26.6 Å². The lowest BCUT2D eigenvalue weighted by Gasteiger charge is -2.34. The van der Waals surface area contributed by atoms with Gasteiger partial charge < -0.3 is 10.2 Å². The molecule has 0 aliphatic carbocycles. The van der Waals surface area contributed by atoms with Crippen LogP contribution in [0.3, 0.4) is 0 Å². The summed E-state index contributed by atoms with van der Waals surface area (Å²) in [6, 6.07) is 29.9. The third-order valence-corrected chi connectivity index (χ3v) is 9.17. The highest BCUT2D eigenvalue weighted by Gasteiger charge is 2.34. The summed E-state index contributed by atoms with van der Waals surface area (Å²) < 4.78 is 29.3. The molecule has 0 fully saturated rings. The van der Waals surface area contributed by atoms with Crippen molar-refractivity contribution in [1.29, 1.82) is 0 Å². The number of aryl methyl sites for hydroxylation is 3. The van der Waals surface area contributed by atoms with Crippen molar-refractivity contribution in [1.82, 2.24) is 10.2 Å². The molecule has 0 aromatic heterocycles. The standard InChI is InChI=1S/C34H37N3O4S/c1-25-18-20-30(21-19-25)42(40,41)37(31-17-11-9-13-27(31)3)24-33(38)36(23-29-16-10-8-12-26(29)2)32(34(39)35-4)22-28-14-6-5-7-15-28/h5-21,32H,22-24H2,1-4H3,(H,35,39)/t32-/m1/s1. The molecule has 0 bridgehead atoms. The van der Waals surface area contributed by atoms with Gasteiger partial charge in [0.2, 0.25) is 11.8 Å². The summed E-state index contributed by atoms with van der Waals surface area (Å²) in [7, 11) is -2.59. The minimum Gasteiger partial charge on any atom is -0.357 e. The molecule has 0 spiro atoms. The van der Waals surface area contributed by atoms with Crippen LogP contribution in [0, 0.1) is 20.8 Å². The number of hydrogen-bond donors (Lipinski definition) is 1. The Morgan fingerprint density at radius 2 is 1.36 bits per heavy atom. The fourth-order valence-electron chi connectivity index (χ4n) is 4.89. The van der Waals surface area contributed by atoms with E-state index >= 15 is 0 Å². The maximum absolute atomic E-state index is 14.4. The molecule has 8 heteroatoms. The van der Waals surface area contributed by atoms with E-state index in [1.807, 2.05) is 87.5 Å². The van der Waals surface area contributed by atoms with Gasteiger partial charge in [0.15, 0.2) is 0 Å². The van der Waals surface area contributed by atoms with E-state index in [2.05, 4.69) is 5.32 Å². The van der Waals surface area contributed by atoms with E-state index in [1.54, 1.807) is 36.4 Å². The Bertz CT molecular complexity index is 1640. The average Bonchev–Trinajstić information content (AvgIpc) is 2.99. The van der Waals surface area contributed by atoms with Crippen molar-refractivity contribution >= 4 is 27.5 Å². The molecule has 4 rings (SSSR count). The lowest BCUT2D eigenvalue weighted by molar-refractivity contribution is -0.139. The van der Waals surface area contributed by atoms with E-state index in [-0.39, 0.29) is 23.8 Å². The summed E-state index contributed by atoms with van der Waals surface area (Å²) in [6.45, 7) is 5.31. The van der Waals surface area contributed by atoms with Gasteiger partial charge in [-0.25, -0.2) is 8.42 Å². The van der Waals surface area contributed by atoms with E-state index in [4.69, 9.17) is 0 Å². The summed E-state index contributed by atoms with van der Waals surface area (Å²) in [5.74, 6) is -0.814. The molecule has 0 aliphatic heterocycles. The largest absolute Gasteiger partial charge is 0.357 e. The van der Waals surface area contributed by atoms with Crippen molar-refractivity contribution in [3.63, 3.8) is 0 Å². The van der Waals surface area contributed by atoms with Gasteiger partial charge in [-0.2, -0.15) is 0 Å². The second kappa shape index (κ2) is 13.5. The zero-order valence-corrected chi connectivity index (χ0v) is 25.3.